The molecule has 0 aliphatic carbocycles. The number of rotatable bonds is 6. The summed E-state index contributed by atoms with van der Waals surface area (Å²) < 4.78 is 15.8. The fourth-order valence-electron chi connectivity index (χ4n) is 3.51. The molecule has 0 amide bonds. The minimum atomic E-state index is -1.40. The summed E-state index contributed by atoms with van der Waals surface area (Å²) in [5.74, 6) is -2.29. The molecule has 0 saturated heterocycles. The Morgan fingerprint density at radius 2 is 1.93 bits per heavy atom. The van der Waals surface area contributed by atoms with E-state index in [1.807, 2.05) is 13.8 Å². The topological polar surface area (TPSA) is 99.8 Å². The lowest BCUT2D eigenvalue weighted by Gasteiger charge is -2.25. The van der Waals surface area contributed by atoms with Crippen LogP contribution >= 0.6 is 11.6 Å². The molecule has 158 valence electrons. The van der Waals surface area contributed by atoms with Gasteiger partial charge in [0.15, 0.2) is 0 Å². The van der Waals surface area contributed by atoms with Crippen molar-refractivity contribution in [1.29, 1.82) is 0 Å². The second-order valence-corrected chi connectivity index (χ2v) is 7.87. The number of aromatic nitrogens is 1. The molecule has 0 unspecified atom stereocenters. The molecule has 0 spiro atoms. The molecule has 0 radical (unpaired) electrons. The van der Waals surface area contributed by atoms with E-state index < -0.39 is 28.8 Å². The minimum absolute atomic E-state index is 0.0431. The van der Waals surface area contributed by atoms with Gasteiger partial charge in [0, 0.05) is 24.1 Å². The average molecular weight is 434 g/mol. The number of aliphatic hydroxyl groups is 1. The number of carbonyl (C=O) groups is 1. The summed E-state index contributed by atoms with van der Waals surface area (Å²) in [4.78, 5) is 24.4. The smallest absolute Gasteiger partial charge is 0.341 e. The Morgan fingerprint density at radius 1 is 1.23 bits per heavy atom. The molecule has 0 fully saturated rings. The van der Waals surface area contributed by atoms with E-state index in [2.05, 4.69) is 0 Å². The van der Waals surface area contributed by atoms with E-state index in [1.54, 1.807) is 6.07 Å². The zero-order chi connectivity index (χ0) is 22.2. The van der Waals surface area contributed by atoms with Crippen molar-refractivity contribution in [2.24, 2.45) is 5.92 Å². The van der Waals surface area contributed by atoms with Crippen molar-refractivity contribution >= 4 is 28.5 Å². The van der Waals surface area contributed by atoms with Gasteiger partial charge in [-0.05, 0) is 29.2 Å². The van der Waals surface area contributed by atoms with Crippen LogP contribution < -0.4 is 5.43 Å². The third-order valence-electron chi connectivity index (χ3n) is 5.19. The number of carboxylic acids is 1. The molecule has 3 aromatic rings. The van der Waals surface area contributed by atoms with Crippen LogP contribution in [0.25, 0.3) is 10.9 Å². The lowest BCUT2D eigenvalue weighted by molar-refractivity contribution is 0.0694. The molecule has 6 nitrogen and oxygen atoms in total. The van der Waals surface area contributed by atoms with E-state index in [1.165, 1.54) is 35.0 Å². The summed E-state index contributed by atoms with van der Waals surface area (Å²) >= 11 is 5.82. The second kappa shape index (κ2) is 8.45. The third kappa shape index (κ3) is 3.91. The molecular weight excluding hydrogens is 413 g/mol. The molecule has 30 heavy (non-hydrogen) atoms. The van der Waals surface area contributed by atoms with E-state index in [9.17, 15) is 29.3 Å². The van der Waals surface area contributed by atoms with Gasteiger partial charge in [-0.25, -0.2) is 9.18 Å². The Bertz CT molecular complexity index is 1190. The predicted molar refractivity (Wildman–Crippen MR) is 112 cm³/mol. The van der Waals surface area contributed by atoms with Crippen LogP contribution in [0.1, 0.15) is 41.4 Å². The van der Waals surface area contributed by atoms with E-state index in [-0.39, 0.29) is 51.7 Å². The molecule has 3 N–H and O–H groups in total. The van der Waals surface area contributed by atoms with Gasteiger partial charge < -0.3 is 19.9 Å². The van der Waals surface area contributed by atoms with Crippen molar-refractivity contribution in [2.45, 2.75) is 26.3 Å². The summed E-state index contributed by atoms with van der Waals surface area (Å²) in [5.41, 5.74) is -0.415. The highest BCUT2D eigenvalue weighted by atomic mass is 35.5. The van der Waals surface area contributed by atoms with Crippen molar-refractivity contribution in [3.05, 3.63) is 74.3 Å². The first-order valence-corrected chi connectivity index (χ1v) is 9.71. The fraction of sp³-hybridized carbons (Fsp3) is 0.273. The van der Waals surface area contributed by atoms with Crippen LogP contribution in [0.15, 0.2) is 41.3 Å². The molecule has 0 aliphatic rings. The van der Waals surface area contributed by atoms with Gasteiger partial charge in [-0.1, -0.05) is 37.6 Å². The number of aliphatic hydroxyl groups excluding tert-OH is 1. The van der Waals surface area contributed by atoms with Gasteiger partial charge in [-0.3, -0.25) is 4.79 Å². The van der Waals surface area contributed by atoms with E-state index in [0.717, 1.165) is 0 Å². The van der Waals surface area contributed by atoms with E-state index in [4.69, 9.17) is 11.6 Å². The Labute approximate surface area is 176 Å². The van der Waals surface area contributed by atoms with Crippen molar-refractivity contribution in [1.82, 2.24) is 4.57 Å². The highest BCUT2D eigenvalue weighted by molar-refractivity contribution is 6.30. The molecule has 1 aromatic heterocycles. The average Bonchev–Trinajstić information content (AvgIpc) is 2.68. The van der Waals surface area contributed by atoms with Gasteiger partial charge in [0.2, 0.25) is 5.43 Å². The third-order valence-corrected chi connectivity index (χ3v) is 5.48. The van der Waals surface area contributed by atoms with Crippen LogP contribution in [0.5, 0.6) is 5.75 Å². The maximum Gasteiger partial charge on any atom is 0.341 e. The number of nitrogens with zero attached hydrogens (tertiary/aromatic N) is 1. The van der Waals surface area contributed by atoms with Crippen molar-refractivity contribution in [3.8, 4) is 5.75 Å². The normalized spacial score (nSPS) is 12.5. The van der Waals surface area contributed by atoms with Crippen LogP contribution in [0, 0.1) is 11.7 Å². The highest BCUT2D eigenvalue weighted by Gasteiger charge is 2.22. The number of hydrogen-bond acceptors (Lipinski definition) is 4. The van der Waals surface area contributed by atoms with Gasteiger partial charge in [0.05, 0.1) is 23.2 Å². The minimum Gasteiger partial charge on any atom is -0.508 e. The molecule has 0 bridgehead atoms. The fourth-order valence-corrected chi connectivity index (χ4v) is 3.70. The van der Waals surface area contributed by atoms with Crippen molar-refractivity contribution in [2.75, 3.05) is 6.61 Å². The number of hydrogen-bond donors (Lipinski definition) is 3. The van der Waals surface area contributed by atoms with Crippen LogP contribution in [0.4, 0.5) is 4.39 Å². The van der Waals surface area contributed by atoms with Crippen LogP contribution in [-0.4, -0.2) is 32.5 Å². The molecule has 2 aromatic carbocycles. The SMILES string of the molecule is CC(C)[C@@H](CO)n1cc(C(=O)O)c(=O)c2cc(Cc3cccc(Cl)c3F)c(O)cc21. The molecule has 0 aliphatic heterocycles. The molecular formula is C22H21ClFNO5. The summed E-state index contributed by atoms with van der Waals surface area (Å²) in [6.45, 7) is 3.41. The van der Waals surface area contributed by atoms with Crippen molar-refractivity contribution < 1.29 is 24.5 Å². The number of aromatic hydroxyl groups is 1. The Kier molecular flexibility index (Phi) is 6.14. The number of benzene rings is 2. The van der Waals surface area contributed by atoms with Gasteiger partial charge in [0.25, 0.3) is 0 Å². The maximum absolute atomic E-state index is 14.3. The van der Waals surface area contributed by atoms with Crippen LogP contribution in [0.3, 0.4) is 0 Å². The Balaban J connectivity index is 2.28. The number of fused-ring (bicyclic) bond motifs is 1. The summed E-state index contributed by atoms with van der Waals surface area (Å²) in [6.07, 6.45) is 1.14. The Morgan fingerprint density at radius 3 is 2.53 bits per heavy atom. The van der Waals surface area contributed by atoms with Crippen LogP contribution in [-0.2, 0) is 6.42 Å². The van der Waals surface area contributed by atoms with Gasteiger partial charge in [0.1, 0.15) is 17.1 Å². The van der Waals surface area contributed by atoms with E-state index >= 15 is 0 Å². The summed E-state index contributed by atoms with van der Waals surface area (Å²) in [7, 11) is 0. The Hall–Kier alpha value is -2.90. The van der Waals surface area contributed by atoms with Gasteiger partial charge in [-0.15, -0.1) is 0 Å². The standard InChI is InChI=1S/C22H21ClFNO5/c1-11(2)18(10-26)25-9-15(22(29)30)21(28)14-7-13(19(27)8-17(14)25)6-12-4-3-5-16(23)20(12)24/h3-5,7-9,11,18,26-27H,6,10H2,1-2H3,(H,29,30)/t18-/m1/s1. The second-order valence-electron chi connectivity index (χ2n) is 7.47. The molecule has 8 heteroatoms. The number of aromatic carboxylic acids is 1. The largest absolute Gasteiger partial charge is 0.508 e. The first-order valence-electron chi connectivity index (χ1n) is 9.33. The zero-order valence-electron chi connectivity index (χ0n) is 16.4. The molecule has 1 atom stereocenters. The lowest BCUT2D eigenvalue weighted by atomic mass is 9.98. The van der Waals surface area contributed by atoms with Gasteiger partial charge in [-0.2, -0.15) is 0 Å². The maximum atomic E-state index is 14.3. The monoisotopic (exact) mass is 433 g/mol. The highest BCUT2D eigenvalue weighted by Crippen LogP contribution is 2.30. The number of halogens is 2. The summed E-state index contributed by atoms with van der Waals surface area (Å²) in [6, 6.07) is 6.68. The predicted octanol–water partition coefficient (Wildman–Crippen LogP) is 3.98. The number of carboxylic acid groups (broad SMARTS) is 1. The quantitative estimate of drug-likeness (QED) is 0.546. The first-order chi connectivity index (χ1) is 14.1. The van der Waals surface area contributed by atoms with Crippen LogP contribution in [0.2, 0.25) is 5.02 Å². The van der Waals surface area contributed by atoms with Crippen molar-refractivity contribution in [3.63, 3.8) is 0 Å². The zero-order valence-corrected chi connectivity index (χ0v) is 17.2. The molecule has 3 rings (SSSR count). The lowest BCUT2D eigenvalue weighted by Crippen LogP contribution is -2.25. The van der Waals surface area contributed by atoms with E-state index in [0.29, 0.717) is 0 Å². The summed E-state index contributed by atoms with van der Waals surface area (Å²) in [5, 5.41) is 29.9. The number of phenolic OH excluding ortho intramolecular Hbond substituents is 1. The molecule has 0 saturated carbocycles. The molecule has 1 heterocycles. The first kappa shape index (κ1) is 21.8. The number of phenols is 1. The number of pyridine rings is 1. The van der Waals surface area contributed by atoms with Gasteiger partial charge >= 0.3 is 5.97 Å².